The number of carbonyl (C=O) groups is 3. The number of hydrogen-bond donors (Lipinski definition) is 0. The maximum atomic E-state index is 12.0. The van der Waals surface area contributed by atoms with E-state index in [-0.39, 0.29) is 25.4 Å². The third-order valence-corrected chi connectivity index (χ3v) is 4.16. The minimum Gasteiger partial charge on any atom is -0.465 e. The molecule has 0 fully saturated rings. The second kappa shape index (κ2) is 11.2. The molecule has 0 amide bonds. The van der Waals surface area contributed by atoms with Crippen molar-refractivity contribution in [2.75, 3.05) is 17.6 Å². The first-order valence-corrected chi connectivity index (χ1v) is 9.57. The normalized spacial score (nSPS) is 10.5. The molecule has 1 rings (SSSR count). The minimum atomic E-state index is -0.981. The summed E-state index contributed by atoms with van der Waals surface area (Å²) in [5, 5.41) is 0. The minimum absolute atomic E-state index is 0.102. The number of benzene rings is 1. The molecule has 5 nitrogen and oxygen atoms in total. The molecule has 0 radical (unpaired) electrons. The zero-order chi connectivity index (χ0) is 17.9. The van der Waals surface area contributed by atoms with Gasteiger partial charge in [-0.1, -0.05) is 46.9 Å². The van der Waals surface area contributed by atoms with E-state index in [2.05, 4.69) is 22.6 Å². The number of esters is 2. The highest BCUT2D eigenvalue weighted by atomic mass is 127. The zero-order valence-electron chi connectivity index (χ0n) is 14.0. The van der Waals surface area contributed by atoms with E-state index in [1.54, 1.807) is 38.1 Å². The van der Waals surface area contributed by atoms with Crippen LogP contribution in [0.5, 0.6) is 0 Å². The van der Waals surface area contributed by atoms with Crippen LogP contribution in [0.25, 0.3) is 0 Å². The maximum absolute atomic E-state index is 12.0. The molecule has 0 saturated carbocycles. The predicted octanol–water partition coefficient (Wildman–Crippen LogP) is 3.37. The number of alkyl halides is 1. The van der Waals surface area contributed by atoms with Crippen molar-refractivity contribution in [3.8, 4) is 0 Å². The van der Waals surface area contributed by atoms with Crippen LogP contribution in [0.1, 0.15) is 42.6 Å². The fourth-order valence-corrected chi connectivity index (χ4v) is 2.56. The van der Waals surface area contributed by atoms with Crippen molar-refractivity contribution in [3.63, 3.8) is 0 Å². The summed E-state index contributed by atoms with van der Waals surface area (Å²) in [6.07, 6.45) is 1.57. The van der Waals surface area contributed by atoms with E-state index in [0.717, 1.165) is 16.4 Å². The standard InChI is InChI=1S/C18H23IO5/c1-3-23-17(21)15(18(22)24-4-2)12-13-7-9-14(10-8-13)16(20)6-5-11-19/h7-10,15H,3-6,11-12H2,1-2H3. The summed E-state index contributed by atoms with van der Waals surface area (Å²) in [5.74, 6) is -2.05. The lowest BCUT2D eigenvalue weighted by Gasteiger charge is -2.14. The highest BCUT2D eigenvalue weighted by Crippen LogP contribution is 2.15. The summed E-state index contributed by atoms with van der Waals surface area (Å²) in [6.45, 7) is 3.80. The van der Waals surface area contributed by atoms with Crippen LogP contribution in [0.2, 0.25) is 0 Å². The first-order chi connectivity index (χ1) is 11.5. The zero-order valence-corrected chi connectivity index (χ0v) is 16.2. The SMILES string of the molecule is CCOC(=O)C(Cc1ccc(C(=O)CCCI)cc1)C(=O)OCC. The summed E-state index contributed by atoms with van der Waals surface area (Å²) in [5.41, 5.74) is 1.43. The van der Waals surface area contributed by atoms with Gasteiger partial charge in [-0.2, -0.15) is 0 Å². The second-order valence-electron chi connectivity index (χ2n) is 5.17. The Morgan fingerprint density at radius 1 is 1.00 bits per heavy atom. The largest absolute Gasteiger partial charge is 0.465 e. The van der Waals surface area contributed by atoms with Gasteiger partial charge in [-0.3, -0.25) is 14.4 Å². The van der Waals surface area contributed by atoms with E-state index < -0.39 is 17.9 Å². The molecule has 0 bridgehead atoms. The summed E-state index contributed by atoms with van der Waals surface area (Å²) < 4.78 is 10.9. The fourth-order valence-electron chi connectivity index (χ4n) is 2.18. The Kier molecular flexibility index (Phi) is 9.59. The molecule has 24 heavy (non-hydrogen) atoms. The molecule has 0 heterocycles. The predicted molar refractivity (Wildman–Crippen MR) is 99.4 cm³/mol. The maximum Gasteiger partial charge on any atom is 0.320 e. The number of Topliss-reactive ketones (excluding diaryl/α,β-unsaturated/α-hetero) is 1. The Morgan fingerprint density at radius 3 is 2.00 bits per heavy atom. The molecule has 0 spiro atoms. The highest BCUT2D eigenvalue weighted by Gasteiger charge is 2.29. The Hall–Kier alpha value is -1.44. The molecule has 6 heteroatoms. The average molecular weight is 446 g/mol. The third kappa shape index (κ3) is 6.59. The van der Waals surface area contributed by atoms with Gasteiger partial charge in [0.25, 0.3) is 0 Å². The van der Waals surface area contributed by atoms with Crippen molar-refractivity contribution in [1.29, 1.82) is 0 Å². The van der Waals surface area contributed by atoms with Crippen LogP contribution in [0, 0.1) is 5.92 Å². The van der Waals surface area contributed by atoms with Crippen molar-refractivity contribution in [2.45, 2.75) is 33.1 Å². The molecule has 1 aromatic rings. The number of rotatable bonds is 10. The Balaban J connectivity index is 2.80. The molecule has 0 aliphatic carbocycles. The molecule has 1 aromatic carbocycles. The Labute approximate surface area is 156 Å². The number of ether oxygens (including phenoxy) is 2. The van der Waals surface area contributed by atoms with Crippen molar-refractivity contribution in [2.24, 2.45) is 5.92 Å². The molecule has 0 unspecified atom stereocenters. The number of ketones is 1. The van der Waals surface area contributed by atoms with Crippen molar-refractivity contribution in [3.05, 3.63) is 35.4 Å². The van der Waals surface area contributed by atoms with Crippen LogP contribution in [0.4, 0.5) is 0 Å². The summed E-state index contributed by atoms with van der Waals surface area (Å²) in [6, 6.07) is 7.00. The molecule has 0 N–H and O–H groups in total. The average Bonchev–Trinajstić information content (AvgIpc) is 2.58. The first-order valence-electron chi connectivity index (χ1n) is 8.04. The van der Waals surface area contributed by atoms with E-state index in [4.69, 9.17) is 9.47 Å². The van der Waals surface area contributed by atoms with Gasteiger partial charge in [0.1, 0.15) is 0 Å². The van der Waals surface area contributed by atoms with Gasteiger partial charge in [-0.25, -0.2) is 0 Å². The van der Waals surface area contributed by atoms with Gasteiger partial charge >= 0.3 is 11.9 Å². The van der Waals surface area contributed by atoms with E-state index in [1.165, 1.54) is 0 Å². The molecular weight excluding hydrogens is 423 g/mol. The summed E-state index contributed by atoms with van der Waals surface area (Å²) >= 11 is 2.24. The van der Waals surface area contributed by atoms with Crippen molar-refractivity contribution in [1.82, 2.24) is 0 Å². The smallest absolute Gasteiger partial charge is 0.320 e. The molecule has 0 aliphatic heterocycles. The lowest BCUT2D eigenvalue weighted by Crippen LogP contribution is -2.30. The number of hydrogen-bond acceptors (Lipinski definition) is 5. The van der Waals surface area contributed by atoms with E-state index >= 15 is 0 Å². The van der Waals surface area contributed by atoms with Gasteiger partial charge in [-0.05, 0) is 36.7 Å². The Morgan fingerprint density at radius 2 is 1.54 bits per heavy atom. The molecule has 0 aromatic heterocycles. The van der Waals surface area contributed by atoms with Crippen LogP contribution in [-0.4, -0.2) is 35.4 Å². The molecule has 0 atom stereocenters. The Bertz CT molecular complexity index is 535. The fraction of sp³-hybridized carbons (Fsp3) is 0.500. The lowest BCUT2D eigenvalue weighted by molar-refractivity contribution is -0.161. The monoisotopic (exact) mass is 446 g/mol. The van der Waals surface area contributed by atoms with Crippen LogP contribution >= 0.6 is 22.6 Å². The van der Waals surface area contributed by atoms with Crippen molar-refractivity contribution >= 4 is 40.3 Å². The van der Waals surface area contributed by atoms with Gasteiger partial charge in [0.2, 0.25) is 0 Å². The lowest BCUT2D eigenvalue weighted by atomic mass is 9.97. The molecular formula is C18H23IO5. The second-order valence-corrected chi connectivity index (χ2v) is 6.25. The van der Waals surface area contributed by atoms with E-state index in [1.807, 2.05) is 0 Å². The van der Waals surface area contributed by atoms with Crippen LogP contribution in [0.15, 0.2) is 24.3 Å². The first kappa shape index (κ1) is 20.6. The van der Waals surface area contributed by atoms with Crippen LogP contribution in [-0.2, 0) is 25.5 Å². The highest BCUT2D eigenvalue weighted by molar-refractivity contribution is 14.1. The molecule has 0 aliphatic rings. The quantitative estimate of drug-likeness (QED) is 0.181. The van der Waals surface area contributed by atoms with Crippen LogP contribution in [0.3, 0.4) is 0 Å². The van der Waals surface area contributed by atoms with Gasteiger partial charge in [-0.15, -0.1) is 0 Å². The van der Waals surface area contributed by atoms with E-state index in [9.17, 15) is 14.4 Å². The van der Waals surface area contributed by atoms with Crippen LogP contribution < -0.4 is 0 Å². The number of carbonyl (C=O) groups excluding carboxylic acids is 3. The van der Waals surface area contributed by atoms with E-state index in [0.29, 0.717) is 12.0 Å². The number of halogens is 1. The molecule has 132 valence electrons. The summed E-state index contributed by atoms with van der Waals surface area (Å²) in [4.78, 5) is 35.9. The third-order valence-electron chi connectivity index (χ3n) is 3.40. The molecule has 0 saturated heterocycles. The summed E-state index contributed by atoms with van der Waals surface area (Å²) in [7, 11) is 0. The topological polar surface area (TPSA) is 69.7 Å². The van der Waals surface area contributed by atoms with Crippen molar-refractivity contribution < 1.29 is 23.9 Å². The van der Waals surface area contributed by atoms with Gasteiger partial charge in [0, 0.05) is 12.0 Å². The van der Waals surface area contributed by atoms with Gasteiger partial charge in [0.05, 0.1) is 13.2 Å². The van der Waals surface area contributed by atoms with Gasteiger partial charge < -0.3 is 9.47 Å². The van der Waals surface area contributed by atoms with Gasteiger partial charge in [0.15, 0.2) is 11.7 Å².